The summed E-state index contributed by atoms with van der Waals surface area (Å²) in [6, 6.07) is 9.86. The summed E-state index contributed by atoms with van der Waals surface area (Å²) in [6.07, 6.45) is 0. The Labute approximate surface area is 128 Å². The summed E-state index contributed by atoms with van der Waals surface area (Å²) in [5.74, 6) is 0. The molecule has 0 atom stereocenters. The lowest BCUT2D eigenvalue weighted by molar-refractivity contribution is 0.920. The summed E-state index contributed by atoms with van der Waals surface area (Å²) in [5.41, 5.74) is 1.94. The van der Waals surface area contributed by atoms with Gasteiger partial charge in [-0.15, -0.1) is 11.3 Å². The Morgan fingerprint density at radius 1 is 1.10 bits per heavy atom. The van der Waals surface area contributed by atoms with E-state index in [-0.39, 0.29) is 5.56 Å². The minimum absolute atomic E-state index is 0.0738. The van der Waals surface area contributed by atoms with E-state index in [0.29, 0.717) is 10.3 Å². The van der Waals surface area contributed by atoms with Crippen LogP contribution in [0.15, 0.2) is 35.1 Å². The Bertz CT molecular complexity index is 1030. The predicted octanol–water partition coefficient (Wildman–Crippen LogP) is 3.65. The van der Waals surface area contributed by atoms with Crippen molar-refractivity contribution in [2.45, 2.75) is 13.8 Å². The van der Waals surface area contributed by atoms with Crippen LogP contribution in [0.1, 0.15) is 10.4 Å². The van der Waals surface area contributed by atoms with Gasteiger partial charge in [0.2, 0.25) is 4.96 Å². The fraction of sp³-hybridized carbons (Fsp3) is 0.133. The molecule has 0 bridgehead atoms. The number of nitrogens with zero attached hydrogens (tertiary/aromatic N) is 3. The normalized spacial score (nSPS) is 11.5. The molecule has 3 aromatic heterocycles. The highest BCUT2D eigenvalue weighted by atomic mass is 32.1. The van der Waals surface area contributed by atoms with Crippen LogP contribution >= 0.6 is 22.7 Å². The molecule has 3 heterocycles. The first-order chi connectivity index (χ1) is 10.1. The lowest BCUT2D eigenvalue weighted by atomic mass is 10.2. The number of fused-ring (bicyclic) bond motifs is 2. The summed E-state index contributed by atoms with van der Waals surface area (Å²) >= 11 is 3.01. The molecule has 6 heteroatoms. The number of hydrogen-bond donors (Lipinski definition) is 0. The molecular formula is C15H11N3OS2. The Morgan fingerprint density at radius 3 is 2.62 bits per heavy atom. The van der Waals surface area contributed by atoms with E-state index in [9.17, 15) is 4.79 Å². The molecule has 0 amide bonds. The van der Waals surface area contributed by atoms with Gasteiger partial charge in [-0.3, -0.25) is 4.79 Å². The van der Waals surface area contributed by atoms with Gasteiger partial charge in [-0.25, -0.2) is 4.98 Å². The van der Waals surface area contributed by atoms with E-state index in [1.54, 1.807) is 11.3 Å². The van der Waals surface area contributed by atoms with E-state index in [1.807, 2.05) is 44.2 Å². The topological polar surface area (TPSA) is 47.3 Å². The van der Waals surface area contributed by atoms with Gasteiger partial charge in [0.15, 0.2) is 0 Å². The lowest BCUT2D eigenvalue weighted by Crippen LogP contribution is -2.14. The molecule has 4 aromatic rings. The Morgan fingerprint density at radius 2 is 1.86 bits per heavy atom. The molecule has 21 heavy (non-hydrogen) atoms. The molecular weight excluding hydrogens is 302 g/mol. The number of rotatable bonds is 1. The summed E-state index contributed by atoms with van der Waals surface area (Å²) in [6.45, 7) is 3.98. The monoisotopic (exact) mass is 313 g/mol. The SMILES string of the molecule is Cc1sc2nc3sc(-c4ccccc4)nn3c(=O)c2c1C. The first-order valence-corrected chi connectivity index (χ1v) is 8.13. The molecule has 0 N–H and O–H groups in total. The van der Waals surface area contributed by atoms with Crippen molar-refractivity contribution in [2.24, 2.45) is 0 Å². The second-order valence-electron chi connectivity index (χ2n) is 4.85. The third kappa shape index (κ3) is 1.83. The highest BCUT2D eigenvalue weighted by Crippen LogP contribution is 2.29. The van der Waals surface area contributed by atoms with Crippen molar-refractivity contribution in [2.75, 3.05) is 0 Å². The zero-order valence-electron chi connectivity index (χ0n) is 11.5. The van der Waals surface area contributed by atoms with Crippen LogP contribution in [0.3, 0.4) is 0 Å². The van der Waals surface area contributed by atoms with E-state index >= 15 is 0 Å². The van der Waals surface area contributed by atoms with Crippen LogP contribution < -0.4 is 5.56 Å². The van der Waals surface area contributed by atoms with Crippen LogP contribution in [0.2, 0.25) is 0 Å². The summed E-state index contributed by atoms with van der Waals surface area (Å²) in [7, 11) is 0. The number of aromatic nitrogens is 3. The van der Waals surface area contributed by atoms with Crippen LogP contribution in [0.25, 0.3) is 25.7 Å². The lowest BCUT2D eigenvalue weighted by Gasteiger charge is -1.93. The van der Waals surface area contributed by atoms with Crippen molar-refractivity contribution in [1.82, 2.24) is 14.6 Å². The molecule has 104 valence electrons. The van der Waals surface area contributed by atoms with Gasteiger partial charge in [0, 0.05) is 10.4 Å². The van der Waals surface area contributed by atoms with Gasteiger partial charge in [0.05, 0.1) is 5.39 Å². The Hall–Kier alpha value is -2.05. The van der Waals surface area contributed by atoms with E-state index < -0.39 is 0 Å². The summed E-state index contributed by atoms with van der Waals surface area (Å²) < 4.78 is 1.43. The third-order valence-corrected chi connectivity index (χ3v) is 5.61. The van der Waals surface area contributed by atoms with Crippen molar-refractivity contribution in [3.05, 3.63) is 51.1 Å². The van der Waals surface area contributed by atoms with E-state index in [1.165, 1.54) is 15.9 Å². The van der Waals surface area contributed by atoms with Crippen LogP contribution in [0.5, 0.6) is 0 Å². The van der Waals surface area contributed by atoms with Crippen LogP contribution in [0.4, 0.5) is 0 Å². The van der Waals surface area contributed by atoms with Crippen molar-refractivity contribution in [1.29, 1.82) is 0 Å². The second-order valence-corrected chi connectivity index (χ2v) is 7.01. The molecule has 4 rings (SSSR count). The molecule has 0 aliphatic carbocycles. The summed E-state index contributed by atoms with van der Waals surface area (Å²) in [4.78, 5) is 19.8. The number of hydrogen-bond acceptors (Lipinski definition) is 5. The average Bonchev–Trinajstić information content (AvgIpc) is 3.03. The minimum atomic E-state index is -0.0738. The quantitative estimate of drug-likeness (QED) is 0.539. The highest BCUT2D eigenvalue weighted by molar-refractivity contribution is 7.21. The third-order valence-electron chi connectivity index (χ3n) is 3.55. The summed E-state index contributed by atoms with van der Waals surface area (Å²) in [5, 5.41) is 5.95. The van der Waals surface area contributed by atoms with Crippen LogP contribution in [-0.2, 0) is 0 Å². The number of benzene rings is 1. The highest BCUT2D eigenvalue weighted by Gasteiger charge is 2.16. The van der Waals surface area contributed by atoms with Crippen molar-refractivity contribution in [3.8, 4) is 10.6 Å². The van der Waals surface area contributed by atoms with Crippen LogP contribution in [0, 0.1) is 13.8 Å². The minimum Gasteiger partial charge on any atom is -0.266 e. The van der Waals surface area contributed by atoms with E-state index in [0.717, 1.165) is 25.8 Å². The second kappa shape index (κ2) is 4.47. The first kappa shape index (κ1) is 12.7. The zero-order chi connectivity index (χ0) is 14.6. The fourth-order valence-electron chi connectivity index (χ4n) is 2.32. The van der Waals surface area contributed by atoms with E-state index in [4.69, 9.17) is 0 Å². The maximum atomic E-state index is 12.6. The molecule has 0 aliphatic rings. The largest absolute Gasteiger partial charge is 0.284 e. The molecule has 0 saturated heterocycles. The Kier molecular flexibility index (Phi) is 2.70. The maximum Gasteiger partial charge on any atom is 0.284 e. The smallest absolute Gasteiger partial charge is 0.266 e. The standard InChI is InChI=1S/C15H11N3OS2/c1-8-9(2)20-13-11(8)14(19)18-15(16-13)21-12(17-18)10-6-4-3-5-7-10/h3-7H,1-2H3. The fourth-order valence-corrected chi connectivity index (χ4v) is 4.29. The Balaban J connectivity index is 2.07. The van der Waals surface area contributed by atoms with Crippen molar-refractivity contribution >= 4 is 37.9 Å². The first-order valence-electron chi connectivity index (χ1n) is 6.50. The molecule has 4 nitrogen and oxygen atoms in total. The molecule has 0 fully saturated rings. The van der Waals surface area contributed by atoms with Crippen LogP contribution in [-0.4, -0.2) is 14.6 Å². The molecule has 0 radical (unpaired) electrons. The molecule has 0 saturated carbocycles. The molecule has 0 unspecified atom stereocenters. The van der Waals surface area contributed by atoms with Crippen molar-refractivity contribution < 1.29 is 0 Å². The molecule has 1 aromatic carbocycles. The van der Waals surface area contributed by atoms with Gasteiger partial charge >= 0.3 is 0 Å². The zero-order valence-corrected chi connectivity index (χ0v) is 13.1. The number of aryl methyl sites for hydroxylation is 2. The molecule has 0 spiro atoms. The maximum absolute atomic E-state index is 12.6. The van der Waals surface area contributed by atoms with Gasteiger partial charge in [-0.05, 0) is 19.4 Å². The average molecular weight is 313 g/mol. The van der Waals surface area contributed by atoms with Gasteiger partial charge in [-0.1, -0.05) is 41.7 Å². The van der Waals surface area contributed by atoms with Gasteiger partial charge in [-0.2, -0.15) is 9.61 Å². The van der Waals surface area contributed by atoms with Gasteiger partial charge in [0.25, 0.3) is 5.56 Å². The van der Waals surface area contributed by atoms with Gasteiger partial charge in [0.1, 0.15) is 9.84 Å². The van der Waals surface area contributed by atoms with E-state index in [2.05, 4.69) is 10.1 Å². The molecule has 0 aliphatic heterocycles. The van der Waals surface area contributed by atoms with Gasteiger partial charge < -0.3 is 0 Å². The predicted molar refractivity (Wildman–Crippen MR) is 87.4 cm³/mol. The number of thiophene rings is 1. The van der Waals surface area contributed by atoms with Crippen molar-refractivity contribution in [3.63, 3.8) is 0 Å².